The van der Waals surface area contributed by atoms with E-state index in [0.29, 0.717) is 17.4 Å². The molecule has 3 rings (SSSR count). The van der Waals surface area contributed by atoms with E-state index in [1.807, 2.05) is 11.9 Å². The van der Waals surface area contributed by atoms with Crippen molar-refractivity contribution in [1.82, 2.24) is 10.2 Å². The number of rotatable bonds is 4. The van der Waals surface area contributed by atoms with Crippen LogP contribution in [0.3, 0.4) is 0 Å². The van der Waals surface area contributed by atoms with Crippen molar-refractivity contribution in [3.05, 3.63) is 52.2 Å². The van der Waals surface area contributed by atoms with Gasteiger partial charge in [0.25, 0.3) is 11.5 Å². The lowest BCUT2D eigenvalue weighted by molar-refractivity contribution is 0.102. The van der Waals surface area contributed by atoms with Crippen LogP contribution in [0.25, 0.3) is 0 Å². The molecule has 1 aromatic heterocycles. The molecule has 2 aromatic rings. The highest BCUT2D eigenvalue weighted by molar-refractivity contribution is 6.02. The van der Waals surface area contributed by atoms with Crippen LogP contribution in [0.1, 0.15) is 42.6 Å². The number of amides is 1. The number of aromatic amines is 1. The molecule has 1 heterocycles. The van der Waals surface area contributed by atoms with Crippen LogP contribution >= 0.6 is 0 Å². The van der Waals surface area contributed by atoms with Crippen molar-refractivity contribution < 1.29 is 9.18 Å². The average molecular weight is 344 g/mol. The van der Waals surface area contributed by atoms with Crippen molar-refractivity contribution in [2.24, 2.45) is 0 Å². The first-order valence-electron chi connectivity index (χ1n) is 8.44. The second kappa shape index (κ2) is 7.46. The second-order valence-electron chi connectivity index (χ2n) is 6.33. The molecule has 1 saturated carbocycles. The summed E-state index contributed by atoms with van der Waals surface area (Å²) < 4.78 is 14.5. The zero-order valence-electron chi connectivity index (χ0n) is 14.1. The third kappa shape index (κ3) is 4.04. The van der Waals surface area contributed by atoms with Crippen molar-refractivity contribution in [1.29, 1.82) is 0 Å². The van der Waals surface area contributed by atoms with E-state index in [2.05, 4.69) is 15.5 Å². The number of carbonyl (C=O) groups is 1. The van der Waals surface area contributed by atoms with Gasteiger partial charge in [0.2, 0.25) is 0 Å². The molecule has 0 aliphatic heterocycles. The highest BCUT2D eigenvalue weighted by Crippen LogP contribution is 2.29. The maximum atomic E-state index is 14.5. The van der Waals surface area contributed by atoms with Gasteiger partial charge < -0.3 is 10.2 Å². The average Bonchev–Trinajstić information content (AvgIpc) is 2.62. The van der Waals surface area contributed by atoms with E-state index in [0.717, 1.165) is 12.8 Å². The van der Waals surface area contributed by atoms with Gasteiger partial charge in [0.15, 0.2) is 0 Å². The molecule has 1 aliphatic carbocycles. The second-order valence-corrected chi connectivity index (χ2v) is 6.33. The maximum Gasteiger partial charge on any atom is 0.276 e. The molecule has 1 aromatic carbocycles. The summed E-state index contributed by atoms with van der Waals surface area (Å²) in [6.45, 7) is 0. The molecule has 25 heavy (non-hydrogen) atoms. The Labute approximate surface area is 145 Å². The van der Waals surface area contributed by atoms with Crippen molar-refractivity contribution in [3.8, 4) is 0 Å². The van der Waals surface area contributed by atoms with Gasteiger partial charge in [0, 0.05) is 24.8 Å². The van der Waals surface area contributed by atoms with Crippen LogP contribution in [-0.4, -0.2) is 29.2 Å². The number of anilines is 2. The Morgan fingerprint density at radius 1 is 1.24 bits per heavy atom. The van der Waals surface area contributed by atoms with Gasteiger partial charge >= 0.3 is 0 Å². The normalized spacial score (nSPS) is 15.0. The Kier molecular flexibility index (Phi) is 5.11. The molecule has 0 bridgehead atoms. The number of nitrogens with zero attached hydrogens (tertiary/aromatic N) is 2. The van der Waals surface area contributed by atoms with E-state index in [4.69, 9.17) is 0 Å². The number of hydrogen-bond donors (Lipinski definition) is 2. The zero-order valence-corrected chi connectivity index (χ0v) is 14.1. The minimum Gasteiger partial charge on any atom is -0.369 e. The molecule has 0 radical (unpaired) electrons. The molecule has 1 aliphatic rings. The SMILES string of the molecule is CN(c1ccc(NC(=O)c2ccc(=O)[nH]n2)cc1F)C1CCCCC1. The molecule has 0 saturated heterocycles. The van der Waals surface area contributed by atoms with Crippen LogP contribution in [0.2, 0.25) is 0 Å². The first-order valence-corrected chi connectivity index (χ1v) is 8.44. The van der Waals surface area contributed by atoms with Crippen LogP contribution in [0, 0.1) is 5.82 Å². The largest absolute Gasteiger partial charge is 0.369 e. The van der Waals surface area contributed by atoms with Gasteiger partial charge in [-0.3, -0.25) is 9.59 Å². The lowest BCUT2D eigenvalue weighted by atomic mass is 9.94. The number of benzene rings is 1. The molecule has 0 atom stereocenters. The van der Waals surface area contributed by atoms with Crippen LogP contribution in [0.5, 0.6) is 0 Å². The standard InChI is InChI=1S/C18H21FN4O2/c1-23(13-5-3-2-4-6-13)16-9-7-12(11-14(16)19)20-18(25)15-8-10-17(24)22-21-15/h7-11,13H,2-6H2,1H3,(H,20,25)(H,22,24). The summed E-state index contributed by atoms with van der Waals surface area (Å²) in [6, 6.07) is 7.54. The predicted molar refractivity (Wildman–Crippen MR) is 94.5 cm³/mol. The number of halogens is 1. The highest BCUT2D eigenvalue weighted by Gasteiger charge is 2.20. The summed E-state index contributed by atoms with van der Waals surface area (Å²) in [7, 11) is 1.91. The van der Waals surface area contributed by atoms with Gasteiger partial charge in [-0.05, 0) is 37.1 Å². The van der Waals surface area contributed by atoms with Gasteiger partial charge in [-0.25, -0.2) is 9.49 Å². The summed E-state index contributed by atoms with van der Waals surface area (Å²) >= 11 is 0. The molecule has 7 heteroatoms. The van der Waals surface area contributed by atoms with Gasteiger partial charge in [0.1, 0.15) is 11.5 Å². The molecule has 6 nitrogen and oxygen atoms in total. The summed E-state index contributed by atoms with van der Waals surface area (Å²) in [5.74, 6) is -0.885. The Bertz CT molecular complexity index is 794. The molecule has 132 valence electrons. The lowest BCUT2D eigenvalue weighted by Crippen LogP contribution is -2.33. The van der Waals surface area contributed by atoms with Crippen molar-refractivity contribution in [2.45, 2.75) is 38.1 Å². The third-order valence-corrected chi connectivity index (χ3v) is 4.62. The summed E-state index contributed by atoms with van der Waals surface area (Å²) in [6.07, 6.45) is 5.75. The molecule has 1 amide bonds. The maximum absolute atomic E-state index is 14.5. The van der Waals surface area contributed by atoms with E-state index in [9.17, 15) is 14.0 Å². The number of hydrogen-bond acceptors (Lipinski definition) is 4. The minimum absolute atomic E-state index is 0.0587. The fourth-order valence-corrected chi connectivity index (χ4v) is 3.20. The Morgan fingerprint density at radius 2 is 2.00 bits per heavy atom. The monoisotopic (exact) mass is 344 g/mol. The molecule has 1 fully saturated rings. The van der Waals surface area contributed by atoms with E-state index in [1.165, 1.54) is 37.5 Å². The quantitative estimate of drug-likeness (QED) is 0.894. The summed E-state index contributed by atoms with van der Waals surface area (Å²) in [5.41, 5.74) is 0.546. The topological polar surface area (TPSA) is 78.1 Å². The van der Waals surface area contributed by atoms with Gasteiger partial charge in [-0.2, -0.15) is 5.10 Å². The van der Waals surface area contributed by atoms with Crippen molar-refractivity contribution in [3.63, 3.8) is 0 Å². The molecular weight excluding hydrogens is 323 g/mol. The Balaban J connectivity index is 1.71. The highest BCUT2D eigenvalue weighted by atomic mass is 19.1. The Hall–Kier alpha value is -2.70. The molecule has 0 unspecified atom stereocenters. The third-order valence-electron chi connectivity index (χ3n) is 4.62. The van der Waals surface area contributed by atoms with Gasteiger partial charge in [-0.15, -0.1) is 0 Å². The molecule has 2 N–H and O–H groups in total. The van der Waals surface area contributed by atoms with E-state index < -0.39 is 11.5 Å². The van der Waals surface area contributed by atoms with Crippen LogP contribution in [0.4, 0.5) is 15.8 Å². The van der Waals surface area contributed by atoms with E-state index in [-0.39, 0.29) is 11.5 Å². The number of carbonyl (C=O) groups excluding carboxylic acids is 1. The van der Waals surface area contributed by atoms with Crippen LogP contribution < -0.4 is 15.8 Å². The summed E-state index contributed by atoms with van der Waals surface area (Å²) in [5, 5.41) is 8.43. The smallest absolute Gasteiger partial charge is 0.276 e. The Morgan fingerprint density at radius 3 is 2.64 bits per heavy atom. The van der Waals surface area contributed by atoms with E-state index in [1.54, 1.807) is 12.1 Å². The number of H-pyrrole nitrogens is 1. The molecular formula is C18H21FN4O2. The van der Waals surface area contributed by atoms with Gasteiger partial charge in [0.05, 0.1) is 5.69 Å². The molecule has 0 spiro atoms. The fraction of sp³-hybridized carbons (Fsp3) is 0.389. The first-order chi connectivity index (χ1) is 12.0. The number of nitrogens with one attached hydrogen (secondary N) is 2. The van der Waals surface area contributed by atoms with Gasteiger partial charge in [-0.1, -0.05) is 19.3 Å². The lowest BCUT2D eigenvalue weighted by Gasteiger charge is -2.33. The van der Waals surface area contributed by atoms with E-state index >= 15 is 0 Å². The summed E-state index contributed by atoms with van der Waals surface area (Å²) in [4.78, 5) is 25.0. The zero-order chi connectivity index (χ0) is 17.8. The minimum atomic E-state index is -0.510. The fourth-order valence-electron chi connectivity index (χ4n) is 3.20. The van der Waals surface area contributed by atoms with Crippen LogP contribution in [-0.2, 0) is 0 Å². The van der Waals surface area contributed by atoms with Crippen molar-refractivity contribution in [2.75, 3.05) is 17.3 Å². The van der Waals surface area contributed by atoms with Crippen LogP contribution in [0.15, 0.2) is 35.1 Å². The first kappa shape index (κ1) is 17.1. The predicted octanol–water partition coefficient (Wildman–Crippen LogP) is 2.93. The number of aromatic nitrogens is 2. The van der Waals surface area contributed by atoms with Crippen molar-refractivity contribution >= 4 is 17.3 Å².